The van der Waals surface area contributed by atoms with Gasteiger partial charge in [-0.05, 0) is 6.42 Å². The zero-order valence-corrected chi connectivity index (χ0v) is 11.1. The molecule has 1 saturated heterocycles. The van der Waals surface area contributed by atoms with Crippen molar-refractivity contribution in [3.05, 3.63) is 0 Å². The molecule has 0 saturated carbocycles. The molecule has 1 aliphatic heterocycles. The van der Waals surface area contributed by atoms with Crippen LogP contribution in [0.15, 0.2) is 0 Å². The molecular formula is C14H30N2. The lowest BCUT2D eigenvalue weighted by Crippen LogP contribution is -2.30. The number of hydrogen-bond donors (Lipinski definition) is 2. The molecule has 0 bridgehead atoms. The van der Waals surface area contributed by atoms with E-state index in [2.05, 4.69) is 17.6 Å². The summed E-state index contributed by atoms with van der Waals surface area (Å²) in [6, 6.07) is 0. The van der Waals surface area contributed by atoms with Crippen molar-refractivity contribution in [2.24, 2.45) is 0 Å². The highest BCUT2D eigenvalue weighted by molar-refractivity contribution is 4.71. The molecule has 16 heavy (non-hydrogen) atoms. The minimum Gasteiger partial charge on any atom is -0.301 e. The quantitative estimate of drug-likeness (QED) is 0.558. The van der Waals surface area contributed by atoms with Gasteiger partial charge < -0.3 is 10.6 Å². The van der Waals surface area contributed by atoms with Gasteiger partial charge in [-0.15, -0.1) is 0 Å². The minimum absolute atomic E-state index is 0.615. The molecule has 2 nitrogen and oxygen atoms in total. The lowest BCUT2D eigenvalue weighted by molar-refractivity contribution is 0.471. The molecule has 0 radical (unpaired) electrons. The van der Waals surface area contributed by atoms with Crippen molar-refractivity contribution in [1.29, 1.82) is 0 Å². The predicted octanol–water partition coefficient (Wildman–Crippen LogP) is 3.43. The van der Waals surface area contributed by atoms with Gasteiger partial charge in [0.05, 0.1) is 6.17 Å². The smallest absolute Gasteiger partial charge is 0.0572 e. The van der Waals surface area contributed by atoms with Crippen LogP contribution in [-0.4, -0.2) is 19.3 Å². The van der Waals surface area contributed by atoms with Gasteiger partial charge >= 0.3 is 0 Å². The van der Waals surface area contributed by atoms with Crippen molar-refractivity contribution in [3.8, 4) is 0 Å². The van der Waals surface area contributed by atoms with E-state index in [0.29, 0.717) is 6.17 Å². The highest BCUT2D eigenvalue weighted by Crippen LogP contribution is 2.11. The molecule has 2 heteroatoms. The molecule has 1 fully saturated rings. The van der Waals surface area contributed by atoms with E-state index in [1.165, 1.54) is 64.2 Å². The van der Waals surface area contributed by atoms with Gasteiger partial charge in [-0.1, -0.05) is 64.7 Å². The van der Waals surface area contributed by atoms with Crippen LogP contribution < -0.4 is 10.6 Å². The molecule has 0 aromatic carbocycles. The van der Waals surface area contributed by atoms with Gasteiger partial charge in [0.2, 0.25) is 0 Å². The molecule has 0 spiro atoms. The molecule has 96 valence electrons. The highest BCUT2D eigenvalue weighted by atomic mass is 15.2. The molecule has 0 amide bonds. The molecule has 0 unspecified atom stereocenters. The van der Waals surface area contributed by atoms with Gasteiger partial charge in [0.15, 0.2) is 0 Å². The van der Waals surface area contributed by atoms with Crippen molar-refractivity contribution < 1.29 is 0 Å². The first-order valence-electron chi connectivity index (χ1n) is 7.40. The first-order valence-corrected chi connectivity index (χ1v) is 7.40. The number of rotatable bonds is 10. The Morgan fingerprint density at radius 1 is 0.750 bits per heavy atom. The van der Waals surface area contributed by atoms with Crippen LogP contribution in [0.3, 0.4) is 0 Å². The van der Waals surface area contributed by atoms with Gasteiger partial charge in [-0.25, -0.2) is 0 Å². The van der Waals surface area contributed by atoms with Gasteiger partial charge in [0, 0.05) is 13.1 Å². The molecule has 2 N–H and O–H groups in total. The number of unbranched alkanes of at least 4 members (excludes halogenated alkanes) is 8. The third-order valence-corrected chi connectivity index (χ3v) is 3.50. The molecule has 0 atom stereocenters. The monoisotopic (exact) mass is 226 g/mol. The van der Waals surface area contributed by atoms with Gasteiger partial charge in [0.1, 0.15) is 0 Å². The standard InChI is InChI=1S/C14H30N2/c1-2-3-4-5-6-7-8-9-10-11-14-15-12-13-16-14/h14-16H,2-13H2,1H3. The molecule has 1 heterocycles. The normalized spacial score (nSPS) is 17.1. The van der Waals surface area contributed by atoms with Gasteiger partial charge in [-0.3, -0.25) is 0 Å². The fourth-order valence-electron chi connectivity index (χ4n) is 2.43. The summed E-state index contributed by atoms with van der Waals surface area (Å²) in [6.45, 7) is 4.59. The van der Waals surface area contributed by atoms with Crippen LogP contribution in [0.2, 0.25) is 0 Å². The predicted molar refractivity (Wildman–Crippen MR) is 71.6 cm³/mol. The van der Waals surface area contributed by atoms with Crippen molar-refractivity contribution in [3.63, 3.8) is 0 Å². The van der Waals surface area contributed by atoms with Gasteiger partial charge in [-0.2, -0.15) is 0 Å². The van der Waals surface area contributed by atoms with E-state index in [1.807, 2.05) is 0 Å². The summed E-state index contributed by atoms with van der Waals surface area (Å²) in [5.74, 6) is 0. The van der Waals surface area contributed by atoms with E-state index in [9.17, 15) is 0 Å². The van der Waals surface area contributed by atoms with Crippen molar-refractivity contribution >= 4 is 0 Å². The maximum absolute atomic E-state index is 3.47. The fourth-order valence-corrected chi connectivity index (χ4v) is 2.43. The highest BCUT2D eigenvalue weighted by Gasteiger charge is 2.11. The first kappa shape index (κ1) is 14.0. The Morgan fingerprint density at radius 2 is 1.25 bits per heavy atom. The van der Waals surface area contributed by atoms with E-state index >= 15 is 0 Å². The van der Waals surface area contributed by atoms with Crippen LogP contribution in [-0.2, 0) is 0 Å². The first-order chi connectivity index (χ1) is 7.93. The SMILES string of the molecule is CCCCCCCCCCCC1NCCN1. The summed E-state index contributed by atoms with van der Waals surface area (Å²) in [5.41, 5.74) is 0. The van der Waals surface area contributed by atoms with E-state index in [4.69, 9.17) is 0 Å². The maximum atomic E-state index is 3.47. The van der Waals surface area contributed by atoms with Crippen LogP contribution in [0.5, 0.6) is 0 Å². The van der Waals surface area contributed by atoms with Crippen molar-refractivity contribution in [1.82, 2.24) is 10.6 Å². The maximum Gasteiger partial charge on any atom is 0.0572 e. The Bertz CT molecular complexity index is 142. The second-order valence-corrected chi connectivity index (χ2v) is 5.08. The topological polar surface area (TPSA) is 24.1 Å². The summed E-state index contributed by atoms with van der Waals surface area (Å²) < 4.78 is 0. The average molecular weight is 226 g/mol. The summed E-state index contributed by atoms with van der Waals surface area (Å²) in [4.78, 5) is 0. The number of nitrogens with one attached hydrogen (secondary N) is 2. The summed E-state index contributed by atoms with van der Waals surface area (Å²) >= 11 is 0. The van der Waals surface area contributed by atoms with Crippen LogP contribution in [0.4, 0.5) is 0 Å². The van der Waals surface area contributed by atoms with E-state index in [1.54, 1.807) is 0 Å². The van der Waals surface area contributed by atoms with E-state index in [-0.39, 0.29) is 0 Å². The zero-order chi connectivity index (χ0) is 11.5. The van der Waals surface area contributed by atoms with Crippen molar-refractivity contribution in [2.45, 2.75) is 77.3 Å². The molecule has 0 aromatic rings. The third kappa shape index (κ3) is 7.24. The Labute approximate surface area is 102 Å². The molecular weight excluding hydrogens is 196 g/mol. The van der Waals surface area contributed by atoms with Gasteiger partial charge in [0.25, 0.3) is 0 Å². The summed E-state index contributed by atoms with van der Waals surface area (Å²) in [6.07, 6.45) is 14.8. The minimum atomic E-state index is 0.615. The Kier molecular flexibility index (Phi) is 8.83. The zero-order valence-electron chi connectivity index (χ0n) is 11.1. The van der Waals surface area contributed by atoms with E-state index in [0.717, 1.165) is 13.1 Å². The average Bonchev–Trinajstić information content (AvgIpc) is 2.80. The molecule has 0 aliphatic carbocycles. The Morgan fingerprint density at radius 3 is 1.81 bits per heavy atom. The van der Waals surface area contributed by atoms with Crippen LogP contribution >= 0.6 is 0 Å². The lowest BCUT2D eigenvalue weighted by atomic mass is 10.1. The lowest BCUT2D eigenvalue weighted by Gasteiger charge is -2.09. The number of hydrogen-bond acceptors (Lipinski definition) is 2. The Balaban J connectivity index is 1.71. The van der Waals surface area contributed by atoms with Crippen LogP contribution in [0, 0.1) is 0 Å². The summed E-state index contributed by atoms with van der Waals surface area (Å²) in [7, 11) is 0. The molecule has 1 rings (SSSR count). The van der Waals surface area contributed by atoms with Crippen LogP contribution in [0.25, 0.3) is 0 Å². The molecule has 1 aliphatic rings. The van der Waals surface area contributed by atoms with E-state index < -0.39 is 0 Å². The Hall–Kier alpha value is -0.0800. The van der Waals surface area contributed by atoms with Crippen LogP contribution in [0.1, 0.15) is 71.1 Å². The molecule has 0 aromatic heterocycles. The largest absolute Gasteiger partial charge is 0.301 e. The third-order valence-electron chi connectivity index (χ3n) is 3.50. The van der Waals surface area contributed by atoms with Crippen molar-refractivity contribution in [2.75, 3.05) is 13.1 Å². The summed E-state index contributed by atoms with van der Waals surface area (Å²) in [5, 5.41) is 6.94. The second-order valence-electron chi connectivity index (χ2n) is 5.08. The fraction of sp³-hybridized carbons (Fsp3) is 1.00. The second kappa shape index (κ2) is 10.1.